The lowest BCUT2D eigenvalue weighted by Crippen LogP contribution is -2.28. The van der Waals surface area contributed by atoms with E-state index in [1.165, 1.54) is 0 Å². The highest BCUT2D eigenvalue weighted by Gasteiger charge is 2.16. The Morgan fingerprint density at radius 1 is 1.07 bits per heavy atom. The van der Waals surface area contributed by atoms with Gasteiger partial charge in [0.1, 0.15) is 5.75 Å². The fourth-order valence-corrected chi connectivity index (χ4v) is 2.46. The first-order chi connectivity index (χ1) is 13.1. The lowest BCUT2D eigenvalue weighted by molar-refractivity contribution is -0.124. The molecule has 1 heterocycles. The van der Waals surface area contributed by atoms with E-state index in [2.05, 4.69) is 15.5 Å². The summed E-state index contributed by atoms with van der Waals surface area (Å²) in [4.78, 5) is 35.9. The zero-order valence-electron chi connectivity index (χ0n) is 14.5. The second kappa shape index (κ2) is 8.13. The van der Waals surface area contributed by atoms with Gasteiger partial charge in [-0.25, -0.2) is 9.89 Å². The van der Waals surface area contributed by atoms with E-state index in [9.17, 15) is 14.4 Å². The average Bonchev–Trinajstić information content (AvgIpc) is 2.71. The number of aromatic amines is 1. The predicted octanol–water partition coefficient (Wildman–Crippen LogP) is 1.40. The number of hydrogen-bond acceptors (Lipinski definition) is 6. The highest BCUT2D eigenvalue weighted by molar-refractivity contribution is 6.02. The normalized spacial score (nSPS) is 10.4. The third-order valence-corrected chi connectivity index (χ3v) is 3.87. The molecule has 0 atom stereocenters. The molecule has 0 bridgehead atoms. The molecule has 1 aromatic heterocycles. The van der Waals surface area contributed by atoms with Gasteiger partial charge in [0.25, 0.3) is 11.5 Å². The summed E-state index contributed by atoms with van der Waals surface area (Å²) in [7, 11) is 1.57. The van der Waals surface area contributed by atoms with Crippen LogP contribution in [0.4, 0.5) is 0 Å². The summed E-state index contributed by atoms with van der Waals surface area (Å²) in [6.07, 6.45) is 0. The molecule has 27 heavy (non-hydrogen) atoms. The first-order valence-electron chi connectivity index (χ1n) is 8.12. The summed E-state index contributed by atoms with van der Waals surface area (Å²) in [5.74, 6) is -0.519. The van der Waals surface area contributed by atoms with Crippen molar-refractivity contribution in [3.63, 3.8) is 0 Å². The molecule has 3 rings (SSSR count). The van der Waals surface area contributed by atoms with Crippen molar-refractivity contribution in [3.05, 3.63) is 70.1 Å². The van der Waals surface area contributed by atoms with Crippen LogP contribution in [0.1, 0.15) is 16.1 Å². The zero-order chi connectivity index (χ0) is 19.2. The maximum Gasteiger partial charge on any atom is 0.359 e. The highest BCUT2D eigenvalue weighted by atomic mass is 16.5. The highest BCUT2D eigenvalue weighted by Crippen LogP contribution is 2.13. The van der Waals surface area contributed by atoms with Crippen molar-refractivity contribution in [2.75, 3.05) is 13.7 Å². The number of amides is 1. The standard InChI is InChI=1S/C19H17N3O5/c1-26-13-8-6-12(7-9-13)10-20-16(23)11-27-19(25)17-14-4-2-3-5-15(14)18(24)22-21-17/h2-9H,10-11H2,1H3,(H,20,23)(H,22,24). The van der Waals surface area contributed by atoms with Crippen LogP contribution in [-0.2, 0) is 16.1 Å². The van der Waals surface area contributed by atoms with Gasteiger partial charge in [0.15, 0.2) is 12.3 Å². The molecule has 8 heteroatoms. The molecule has 2 N–H and O–H groups in total. The van der Waals surface area contributed by atoms with Crippen LogP contribution >= 0.6 is 0 Å². The van der Waals surface area contributed by atoms with Gasteiger partial charge in [-0.3, -0.25) is 9.59 Å². The second-order valence-corrected chi connectivity index (χ2v) is 5.65. The van der Waals surface area contributed by atoms with E-state index in [1.54, 1.807) is 43.5 Å². The Morgan fingerprint density at radius 3 is 2.48 bits per heavy atom. The van der Waals surface area contributed by atoms with Crippen molar-refractivity contribution < 1.29 is 19.1 Å². The van der Waals surface area contributed by atoms with Gasteiger partial charge in [-0.1, -0.05) is 30.3 Å². The smallest absolute Gasteiger partial charge is 0.359 e. The fraction of sp³-hybridized carbons (Fsp3) is 0.158. The Kier molecular flexibility index (Phi) is 5.46. The Labute approximate surface area is 154 Å². The number of H-pyrrole nitrogens is 1. The van der Waals surface area contributed by atoms with Crippen molar-refractivity contribution in [2.45, 2.75) is 6.54 Å². The molecule has 138 valence electrons. The van der Waals surface area contributed by atoms with Crippen LogP contribution in [0, 0.1) is 0 Å². The summed E-state index contributed by atoms with van der Waals surface area (Å²) >= 11 is 0. The minimum Gasteiger partial charge on any atom is -0.497 e. The van der Waals surface area contributed by atoms with Gasteiger partial charge in [-0.15, -0.1) is 0 Å². The first kappa shape index (κ1) is 18.1. The lowest BCUT2D eigenvalue weighted by Gasteiger charge is -2.08. The molecule has 0 saturated heterocycles. The van der Waals surface area contributed by atoms with E-state index in [-0.39, 0.29) is 5.69 Å². The number of methoxy groups -OCH3 is 1. The third-order valence-electron chi connectivity index (χ3n) is 3.87. The lowest BCUT2D eigenvalue weighted by atomic mass is 10.1. The molecule has 0 radical (unpaired) electrons. The maximum absolute atomic E-state index is 12.2. The van der Waals surface area contributed by atoms with Crippen molar-refractivity contribution in [1.82, 2.24) is 15.5 Å². The molecular formula is C19H17N3O5. The Hall–Kier alpha value is -3.68. The zero-order valence-corrected chi connectivity index (χ0v) is 14.5. The number of aromatic nitrogens is 2. The number of nitrogens with zero attached hydrogens (tertiary/aromatic N) is 1. The van der Waals surface area contributed by atoms with E-state index < -0.39 is 24.0 Å². The summed E-state index contributed by atoms with van der Waals surface area (Å²) in [5, 5.41) is 9.33. The number of hydrogen-bond donors (Lipinski definition) is 2. The number of ether oxygens (including phenoxy) is 2. The van der Waals surface area contributed by atoms with Crippen LogP contribution in [0.25, 0.3) is 10.8 Å². The number of nitrogens with one attached hydrogen (secondary N) is 2. The van der Waals surface area contributed by atoms with Crippen molar-refractivity contribution in [3.8, 4) is 5.75 Å². The molecule has 8 nitrogen and oxygen atoms in total. The topological polar surface area (TPSA) is 110 Å². The maximum atomic E-state index is 12.2. The van der Waals surface area contributed by atoms with Gasteiger partial charge in [-0.2, -0.15) is 5.10 Å². The summed E-state index contributed by atoms with van der Waals surface area (Å²) in [5.41, 5.74) is 0.427. The van der Waals surface area contributed by atoms with Gasteiger partial charge < -0.3 is 14.8 Å². The largest absolute Gasteiger partial charge is 0.497 e. The molecule has 0 fully saturated rings. The van der Waals surface area contributed by atoms with Crippen LogP contribution in [0.5, 0.6) is 5.75 Å². The molecule has 0 aliphatic heterocycles. The van der Waals surface area contributed by atoms with E-state index in [0.717, 1.165) is 11.3 Å². The minimum absolute atomic E-state index is 0.0480. The number of esters is 1. The van der Waals surface area contributed by atoms with Crippen LogP contribution in [0.3, 0.4) is 0 Å². The minimum atomic E-state index is -0.790. The van der Waals surface area contributed by atoms with Gasteiger partial charge in [0.05, 0.1) is 12.5 Å². The Balaban J connectivity index is 1.58. The molecule has 0 spiro atoms. The van der Waals surface area contributed by atoms with E-state index in [0.29, 0.717) is 17.3 Å². The average molecular weight is 367 g/mol. The number of carbonyl (C=O) groups is 2. The summed E-state index contributed by atoms with van der Waals surface area (Å²) in [6, 6.07) is 13.7. The van der Waals surface area contributed by atoms with Gasteiger partial charge in [-0.05, 0) is 23.8 Å². The Morgan fingerprint density at radius 2 is 1.78 bits per heavy atom. The Bertz CT molecular complexity index is 1030. The van der Waals surface area contributed by atoms with Crippen LogP contribution < -0.4 is 15.6 Å². The second-order valence-electron chi connectivity index (χ2n) is 5.65. The predicted molar refractivity (Wildman–Crippen MR) is 97.5 cm³/mol. The monoisotopic (exact) mass is 367 g/mol. The molecule has 0 saturated carbocycles. The third kappa shape index (κ3) is 4.30. The van der Waals surface area contributed by atoms with Crippen molar-refractivity contribution in [2.24, 2.45) is 0 Å². The van der Waals surface area contributed by atoms with Crippen molar-refractivity contribution >= 4 is 22.6 Å². The molecule has 0 unspecified atom stereocenters. The molecule has 3 aromatic rings. The summed E-state index contributed by atoms with van der Waals surface area (Å²) < 4.78 is 10.1. The quantitative estimate of drug-likeness (QED) is 0.637. The van der Waals surface area contributed by atoms with Crippen LogP contribution in [-0.4, -0.2) is 35.8 Å². The van der Waals surface area contributed by atoms with Crippen molar-refractivity contribution in [1.29, 1.82) is 0 Å². The van der Waals surface area contributed by atoms with Gasteiger partial charge in [0.2, 0.25) is 0 Å². The van der Waals surface area contributed by atoms with Gasteiger partial charge >= 0.3 is 5.97 Å². The van der Waals surface area contributed by atoms with Crippen LogP contribution in [0.2, 0.25) is 0 Å². The first-order valence-corrected chi connectivity index (χ1v) is 8.12. The number of carbonyl (C=O) groups excluding carboxylic acids is 2. The van der Waals surface area contributed by atoms with E-state index in [4.69, 9.17) is 9.47 Å². The molecular weight excluding hydrogens is 350 g/mol. The summed E-state index contributed by atoms with van der Waals surface area (Å²) in [6.45, 7) is -0.162. The fourth-order valence-electron chi connectivity index (χ4n) is 2.46. The number of rotatable bonds is 6. The molecule has 0 aliphatic rings. The number of benzene rings is 2. The SMILES string of the molecule is COc1ccc(CNC(=O)COC(=O)c2n[nH]c(=O)c3ccccc23)cc1. The number of fused-ring (bicyclic) bond motifs is 1. The molecule has 1 amide bonds. The van der Waals surface area contributed by atoms with E-state index >= 15 is 0 Å². The molecule has 0 aliphatic carbocycles. The van der Waals surface area contributed by atoms with E-state index in [1.807, 2.05) is 12.1 Å². The van der Waals surface area contributed by atoms with Crippen LogP contribution in [0.15, 0.2) is 53.3 Å². The molecule has 2 aromatic carbocycles. The van der Waals surface area contributed by atoms with Gasteiger partial charge in [0, 0.05) is 11.9 Å².